The van der Waals surface area contributed by atoms with E-state index < -0.39 is 0 Å². The van der Waals surface area contributed by atoms with Gasteiger partial charge in [0.05, 0.1) is 5.02 Å². The fraction of sp³-hybridized carbons (Fsp3) is 0.176. The topological polar surface area (TPSA) is 28.3 Å². The van der Waals surface area contributed by atoms with Crippen LogP contribution in [0, 0.1) is 0 Å². The van der Waals surface area contributed by atoms with Crippen molar-refractivity contribution in [3.63, 3.8) is 0 Å². The van der Waals surface area contributed by atoms with Crippen molar-refractivity contribution in [2.45, 2.75) is 6.54 Å². The molecule has 1 N–H and O–H groups in total. The van der Waals surface area contributed by atoms with Crippen molar-refractivity contribution in [1.82, 2.24) is 9.88 Å². The summed E-state index contributed by atoms with van der Waals surface area (Å²) >= 11 is 6.56. The number of ether oxygens (including phenoxy) is 1. The fourth-order valence-corrected chi connectivity index (χ4v) is 2.71. The average Bonchev–Trinajstić information content (AvgIpc) is 2.86. The number of fused-ring (bicyclic) bond motifs is 1. The van der Waals surface area contributed by atoms with Crippen molar-refractivity contribution < 1.29 is 4.74 Å². The first-order chi connectivity index (χ1) is 10.1. The Bertz CT molecular complexity index is 750. The van der Waals surface area contributed by atoms with Crippen molar-refractivity contribution in [1.29, 1.82) is 0 Å². The molecule has 4 heteroatoms. The van der Waals surface area contributed by atoms with Gasteiger partial charge in [-0.1, -0.05) is 29.8 Å². The molecule has 2 aromatic carbocycles. The lowest BCUT2D eigenvalue weighted by Crippen LogP contribution is -2.10. The molecule has 1 aromatic heterocycles. The van der Waals surface area contributed by atoms with Crippen molar-refractivity contribution in [3.05, 3.63) is 59.2 Å². The second-order valence-corrected chi connectivity index (χ2v) is 5.65. The first-order valence-electron chi connectivity index (χ1n) is 6.81. The van der Waals surface area contributed by atoms with Crippen LogP contribution in [0.4, 0.5) is 0 Å². The summed E-state index contributed by atoms with van der Waals surface area (Å²) in [7, 11) is 4.08. The maximum absolute atomic E-state index is 6.56. The van der Waals surface area contributed by atoms with Gasteiger partial charge in [0.15, 0.2) is 0 Å². The van der Waals surface area contributed by atoms with Gasteiger partial charge in [-0.3, -0.25) is 0 Å². The van der Waals surface area contributed by atoms with Gasteiger partial charge in [-0.2, -0.15) is 0 Å². The number of halogens is 1. The molecule has 0 spiro atoms. The summed E-state index contributed by atoms with van der Waals surface area (Å²) in [5.41, 5.74) is 2.19. The summed E-state index contributed by atoms with van der Waals surface area (Å²) in [5, 5.41) is 1.67. The van der Waals surface area contributed by atoms with E-state index in [-0.39, 0.29) is 0 Å². The molecule has 3 rings (SSSR count). The number of nitrogens with one attached hydrogen (secondary N) is 1. The normalized spacial score (nSPS) is 11.2. The molecule has 1 heterocycles. The highest BCUT2D eigenvalue weighted by Gasteiger charge is 2.13. The number of rotatable bonds is 4. The molecule has 0 saturated heterocycles. The molecule has 0 fully saturated rings. The molecule has 0 unspecified atom stereocenters. The quantitative estimate of drug-likeness (QED) is 0.758. The van der Waals surface area contributed by atoms with Crippen LogP contribution in [-0.4, -0.2) is 24.0 Å². The van der Waals surface area contributed by atoms with E-state index in [1.54, 1.807) is 0 Å². The highest BCUT2D eigenvalue weighted by Crippen LogP contribution is 2.37. The lowest BCUT2D eigenvalue weighted by molar-refractivity contribution is 0.404. The van der Waals surface area contributed by atoms with Gasteiger partial charge in [0.2, 0.25) is 0 Å². The van der Waals surface area contributed by atoms with Crippen LogP contribution < -0.4 is 4.74 Å². The van der Waals surface area contributed by atoms with Crippen LogP contribution in [0.15, 0.2) is 48.7 Å². The van der Waals surface area contributed by atoms with E-state index in [0.29, 0.717) is 10.8 Å². The molecule has 0 aliphatic carbocycles. The molecule has 0 aliphatic rings. The Balaban J connectivity index is 2.02. The molecule has 0 radical (unpaired) electrons. The Labute approximate surface area is 129 Å². The van der Waals surface area contributed by atoms with Crippen LogP contribution in [0.3, 0.4) is 0 Å². The van der Waals surface area contributed by atoms with E-state index >= 15 is 0 Å². The van der Waals surface area contributed by atoms with Crippen molar-refractivity contribution in [2.24, 2.45) is 0 Å². The first kappa shape index (κ1) is 14.0. The number of hydrogen-bond acceptors (Lipinski definition) is 2. The predicted octanol–water partition coefficient (Wildman–Crippen LogP) is 4.68. The van der Waals surface area contributed by atoms with Gasteiger partial charge in [-0.15, -0.1) is 0 Å². The largest absolute Gasteiger partial charge is 0.456 e. The second kappa shape index (κ2) is 5.80. The van der Waals surface area contributed by atoms with E-state index in [1.165, 1.54) is 5.56 Å². The minimum absolute atomic E-state index is 0.648. The van der Waals surface area contributed by atoms with Crippen LogP contribution in [0.5, 0.6) is 11.5 Å². The molecule has 0 aliphatic heterocycles. The Hall–Kier alpha value is -1.97. The summed E-state index contributed by atoms with van der Waals surface area (Å²) in [6.07, 6.45) is 2.00. The Morgan fingerprint density at radius 2 is 1.86 bits per heavy atom. The lowest BCUT2D eigenvalue weighted by Gasteiger charge is -2.11. The van der Waals surface area contributed by atoms with Crippen LogP contribution in [0.2, 0.25) is 5.02 Å². The summed E-state index contributed by atoms with van der Waals surface area (Å²) in [6, 6.07) is 13.6. The number of H-pyrrole nitrogens is 1. The zero-order valence-electron chi connectivity index (χ0n) is 12.1. The van der Waals surface area contributed by atoms with E-state index in [4.69, 9.17) is 16.3 Å². The average molecular weight is 301 g/mol. The summed E-state index contributed by atoms with van der Waals surface area (Å²) in [4.78, 5) is 5.37. The Morgan fingerprint density at radius 3 is 2.57 bits per heavy atom. The third-order valence-electron chi connectivity index (χ3n) is 3.29. The zero-order chi connectivity index (χ0) is 14.8. The number of aromatic nitrogens is 1. The lowest BCUT2D eigenvalue weighted by atomic mass is 10.1. The highest BCUT2D eigenvalue weighted by atomic mass is 35.5. The van der Waals surface area contributed by atoms with E-state index in [9.17, 15) is 0 Å². The summed E-state index contributed by atoms with van der Waals surface area (Å²) in [5.74, 6) is 1.46. The zero-order valence-corrected chi connectivity index (χ0v) is 12.8. The molecular weight excluding hydrogens is 284 g/mol. The SMILES string of the molecule is CN(C)Cc1c[nH]c2ccc(Oc3ccccc3)c(Cl)c12. The maximum Gasteiger partial charge on any atom is 0.146 e. The van der Waals surface area contributed by atoms with Gasteiger partial charge >= 0.3 is 0 Å². The predicted molar refractivity (Wildman–Crippen MR) is 87.2 cm³/mol. The summed E-state index contributed by atoms with van der Waals surface area (Å²) < 4.78 is 5.89. The number of benzene rings is 2. The molecule has 21 heavy (non-hydrogen) atoms. The van der Waals surface area contributed by atoms with Crippen LogP contribution in [0.25, 0.3) is 10.9 Å². The maximum atomic E-state index is 6.56. The molecule has 0 bridgehead atoms. The molecule has 0 atom stereocenters. The van der Waals surface area contributed by atoms with Gasteiger partial charge in [-0.05, 0) is 43.9 Å². The van der Waals surface area contributed by atoms with Crippen molar-refractivity contribution in [2.75, 3.05) is 14.1 Å². The van der Waals surface area contributed by atoms with E-state index in [1.807, 2.05) is 62.8 Å². The van der Waals surface area contributed by atoms with Crippen LogP contribution in [0.1, 0.15) is 5.56 Å². The molecule has 3 nitrogen and oxygen atoms in total. The standard InChI is InChI=1S/C17H17ClN2O/c1-20(2)11-12-10-19-14-8-9-15(17(18)16(12)14)21-13-6-4-3-5-7-13/h3-10,19H,11H2,1-2H3. The van der Waals surface area contributed by atoms with Gasteiger partial charge in [0.25, 0.3) is 0 Å². The van der Waals surface area contributed by atoms with Gasteiger partial charge in [0.1, 0.15) is 11.5 Å². The number of aromatic amines is 1. The molecule has 3 aromatic rings. The molecule has 0 saturated carbocycles. The molecular formula is C17H17ClN2O. The molecule has 0 amide bonds. The Morgan fingerprint density at radius 1 is 1.10 bits per heavy atom. The number of nitrogens with zero attached hydrogens (tertiary/aromatic N) is 1. The third kappa shape index (κ3) is 2.89. The van der Waals surface area contributed by atoms with Gasteiger partial charge < -0.3 is 14.6 Å². The van der Waals surface area contributed by atoms with Crippen LogP contribution >= 0.6 is 11.6 Å². The Kier molecular flexibility index (Phi) is 3.86. The van der Waals surface area contributed by atoms with Crippen molar-refractivity contribution in [3.8, 4) is 11.5 Å². The highest BCUT2D eigenvalue weighted by molar-refractivity contribution is 6.37. The van der Waals surface area contributed by atoms with Gasteiger partial charge in [-0.25, -0.2) is 0 Å². The van der Waals surface area contributed by atoms with Crippen molar-refractivity contribution >= 4 is 22.5 Å². The minimum atomic E-state index is 0.648. The van der Waals surface area contributed by atoms with Crippen LogP contribution in [-0.2, 0) is 6.54 Å². The van der Waals surface area contributed by atoms with E-state index in [2.05, 4.69) is 9.88 Å². The number of para-hydroxylation sites is 1. The fourth-order valence-electron chi connectivity index (χ4n) is 2.39. The second-order valence-electron chi connectivity index (χ2n) is 5.27. The smallest absolute Gasteiger partial charge is 0.146 e. The monoisotopic (exact) mass is 300 g/mol. The number of hydrogen-bond donors (Lipinski definition) is 1. The third-order valence-corrected chi connectivity index (χ3v) is 3.66. The van der Waals surface area contributed by atoms with Gasteiger partial charge in [0, 0.05) is 23.6 Å². The summed E-state index contributed by atoms with van der Waals surface area (Å²) in [6.45, 7) is 0.828. The van der Waals surface area contributed by atoms with E-state index in [0.717, 1.165) is 23.2 Å². The first-order valence-corrected chi connectivity index (χ1v) is 7.19. The molecule has 108 valence electrons. The minimum Gasteiger partial charge on any atom is -0.456 e.